The summed E-state index contributed by atoms with van der Waals surface area (Å²) in [4.78, 5) is 29.4. The Morgan fingerprint density at radius 2 is 1.90 bits per heavy atom. The lowest BCUT2D eigenvalue weighted by Crippen LogP contribution is -2.26. The van der Waals surface area contributed by atoms with Gasteiger partial charge in [-0.15, -0.1) is 0 Å². The van der Waals surface area contributed by atoms with Crippen molar-refractivity contribution >= 4 is 46.0 Å². The Morgan fingerprint density at radius 3 is 2.67 bits per heavy atom. The maximum atomic E-state index is 13.0. The van der Waals surface area contributed by atoms with Crippen molar-refractivity contribution in [2.24, 2.45) is 0 Å². The number of esters is 1. The van der Waals surface area contributed by atoms with E-state index in [0.717, 1.165) is 52.6 Å². The van der Waals surface area contributed by atoms with E-state index in [-0.39, 0.29) is 12.5 Å². The summed E-state index contributed by atoms with van der Waals surface area (Å²) in [6.07, 6.45) is 4.60. The van der Waals surface area contributed by atoms with Crippen LogP contribution in [0, 0.1) is 0 Å². The van der Waals surface area contributed by atoms with Crippen molar-refractivity contribution in [2.45, 2.75) is 19.3 Å². The average molecular weight is 421 g/mol. The molecule has 152 valence electrons. The van der Waals surface area contributed by atoms with Crippen LogP contribution < -0.4 is 5.32 Å². The number of fused-ring (bicyclic) bond motifs is 2. The molecule has 1 aromatic heterocycles. The highest BCUT2D eigenvalue weighted by Gasteiger charge is 2.26. The maximum Gasteiger partial charge on any atom is 0.339 e. The zero-order valence-electron chi connectivity index (χ0n) is 16.6. The molecule has 5 nitrogen and oxygen atoms in total. The molecule has 1 aliphatic carbocycles. The normalized spacial score (nSPS) is 14.4. The van der Waals surface area contributed by atoms with Gasteiger partial charge < -0.3 is 10.1 Å². The van der Waals surface area contributed by atoms with Crippen molar-refractivity contribution in [1.82, 2.24) is 10.3 Å². The second-order valence-electron chi connectivity index (χ2n) is 7.16. The molecule has 0 aliphatic heterocycles. The van der Waals surface area contributed by atoms with Crippen LogP contribution >= 0.6 is 11.6 Å². The summed E-state index contributed by atoms with van der Waals surface area (Å²) in [5.74, 6) is -0.847. The molecule has 30 heavy (non-hydrogen) atoms. The van der Waals surface area contributed by atoms with Crippen LogP contribution in [-0.4, -0.2) is 30.5 Å². The number of nitrogens with one attached hydrogen (secondary N) is 1. The molecule has 0 saturated heterocycles. The predicted molar refractivity (Wildman–Crippen MR) is 118 cm³/mol. The Hall–Kier alpha value is -3.18. The highest BCUT2D eigenvalue weighted by atomic mass is 35.5. The standard InChI is InChI=1S/C24H21ClN2O3/c1-26-21(28)14-30-24(29)22-18-6-2-3-8-20(18)27-23-16(5-4-7-19(22)23)13-15-9-11-17(25)12-10-15/h2-3,6,8-13H,4-5,7,14H2,1H3,(H,26,28)/b16-13+. The van der Waals surface area contributed by atoms with Gasteiger partial charge in [-0.2, -0.15) is 0 Å². The number of pyridine rings is 1. The van der Waals surface area contributed by atoms with Crippen molar-refractivity contribution in [2.75, 3.05) is 13.7 Å². The van der Waals surface area contributed by atoms with Crippen LogP contribution in [0.4, 0.5) is 0 Å². The van der Waals surface area contributed by atoms with E-state index in [1.165, 1.54) is 7.05 Å². The van der Waals surface area contributed by atoms with Crippen molar-refractivity contribution < 1.29 is 14.3 Å². The summed E-state index contributed by atoms with van der Waals surface area (Å²) in [7, 11) is 1.51. The van der Waals surface area contributed by atoms with Crippen molar-refractivity contribution in [1.29, 1.82) is 0 Å². The molecule has 6 heteroatoms. The highest BCUT2D eigenvalue weighted by Crippen LogP contribution is 2.36. The van der Waals surface area contributed by atoms with E-state index in [1.807, 2.05) is 48.5 Å². The van der Waals surface area contributed by atoms with E-state index >= 15 is 0 Å². The minimum absolute atomic E-state index is 0.311. The smallest absolute Gasteiger partial charge is 0.339 e. The van der Waals surface area contributed by atoms with Crippen LogP contribution in [0.5, 0.6) is 0 Å². The number of hydrogen-bond donors (Lipinski definition) is 1. The Bertz CT molecular complexity index is 1150. The number of para-hydroxylation sites is 1. The lowest BCUT2D eigenvalue weighted by molar-refractivity contribution is -0.123. The fourth-order valence-corrected chi connectivity index (χ4v) is 3.87. The second kappa shape index (κ2) is 8.67. The number of carbonyl (C=O) groups excluding carboxylic acids is 2. The van der Waals surface area contributed by atoms with Gasteiger partial charge in [-0.25, -0.2) is 9.78 Å². The molecule has 0 unspecified atom stereocenters. The van der Waals surface area contributed by atoms with Crippen molar-refractivity contribution in [3.05, 3.63) is 75.9 Å². The van der Waals surface area contributed by atoms with Crippen LogP contribution in [0.15, 0.2) is 48.5 Å². The van der Waals surface area contributed by atoms with Crippen molar-refractivity contribution in [3.63, 3.8) is 0 Å². The number of hydrogen-bond acceptors (Lipinski definition) is 4. The highest BCUT2D eigenvalue weighted by molar-refractivity contribution is 6.30. The molecule has 1 heterocycles. The molecule has 1 aliphatic rings. The minimum Gasteiger partial charge on any atom is -0.452 e. The molecule has 0 saturated carbocycles. The average Bonchev–Trinajstić information content (AvgIpc) is 2.77. The van der Waals surface area contributed by atoms with Crippen LogP contribution in [0.2, 0.25) is 5.02 Å². The first-order valence-electron chi connectivity index (χ1n) is 9.82. The molecule has 2 aromatic carbocycles. The number of amides is 1. The Morgan fingerprint density at radius 1 is 1.13 bits per heavy atom. The first-order valence-corrected chi connectivity index (χ1v) is 10.2. The number of benzene rings is 2. The maximum absolute atomic E-state index is 13.0. The third-order valence-electron chi connectivity index (χ3n) is 5.20. The van der Waals surface area contributed by atoms with Gasteiger partial charge in [0.15, 0.2) is 6.61 Å². The lowest BCUT2D eigenvalue weighted by Gasteiger charge is -2.22. The topological polar surface area (TPSA) is 68.3 Å². The van der Waals surface area contributed by atoms with Gasteiger partial charge in [0.2, 0.25) is 0 Å². The molecule has 0 atom stereocenters. The van der Waals surface area contributed by atoms with E-state index in [9.17, 15) is 9.59 Å². The number of rotatable bonds is 4. The summed E-state index contributed by atoms with van der Waals surface area (Å²) in [6.45, 7) is -0.311. The van der Waals surface area contributed by atoms with E-state index in [2.05, 4.69) is 11.4 Å². The third-order valence-corrected chi connectivity index (χ3v) is 5.45. The number of ether oxygens (including phenoxy) is 1. The molecule has 0 spiro atoms. The minimum atomic E-state index is -0.499. The summed E-state index contributed by atoms with van der Waals surface area (Å²) in [5, 5.41) is 3.89. The second-order valence-corrected chi connectivity index (χ2v) is 7.59. The van der Waals surface area contributed by atoms with E-state index in [1.54, 1.807) is 0 Å². The van der Waals surface area contributed by atoms with E-state index in [0.29, 0.717) is 10.6 Å². The number of allylic oxidation sites excluding steroid dienone is 1. The fourth-order valence-electron chi connectivity index (χ4n) is 3.74. The third kappa shape index (κ3) is 4.07. The summed E-state index contributed by atoms with van der Waals surface area (Å²) >= 11 is 6.01. The molecular formula is C24H21ClN2O3. The Kier molecular flexibility index (Phi) is 5.81. The summed E-state index contributed by atoms with van der Waals surface area (Å²) in [5.41, 5.74) is 5.03. The van der Waals surface area contributed by atoms with Gasteiger partial charge in [-0.3, -0.25) is 4.79 Å². The summed E-state index contributed by atoms with van der Waals surface area (Å²) in [6, 6.07) is 15.2. The van der Waals surface area contributed by atoms with Crippen molar-refractivity contribution in [3.8, 4) is 0 Å². The number of aromatic nitrogens is 1. The summed E-state index contributed by atoms with van der Waals surface area (Å²) < 4.78 is 5.31. The van der Waals surface area contributed by atoms with Gasteiger partial charge in [-0.1, -0.05) is 41.9 Å². The van der Waals surface area contributed by atoms with Gasteiger partial charge in [0.25, 0.3) is 5.91 Å². The van der Waals surface area contributed by atoms with E-state index < -0.39 is 5.97 Å². The van der Waals surface area contributed by atoms with Gasteiger partial charge in [0, 0.05) is 17.5 Å². The van der Waals surface area contributed by atoms with Crippen LogP contribution in [0.25, 0.3) is 22.6 Å². The molecule has 0 fully saturated rings. The van der Waals surface area contributed by atoms with Crippen LogP contribution in [0.3, 0.4) is 0 Å². The Balaban J connectivity index is 1.83. The molecule has 1 amide bonds. The number of carbonyl (C=O) groups is 2. The monoisotopic (exact) mass is 420 g/mol. The van der Waals surface area contributed by atoms with Crippen LogP contribution in [-0.2, 0) is 16.0 Å². The molecule has 0 bridgehead atoms. The van der Waals surface area contributed by atoms with E-state index in [4.69, 9.17) is 21.3 Å². The van der Waals surface area contributed by atoms with Gasteiger partial charge in [0.05, 0.1) is 16.8 Å². The Labute approximate surface area is 179 Å². The SMILES string of the molecule is CNC(=O)COC(=O)c1c2c(nc3ccccc13)/C(=C/c1ccc(Cl)cc1)CCC2. The molecule has 0 radical (unpaired) electrons. The first-order chi connectivity index (χ1) is 14.6. The lowest BCUT2D eigenvalue weighted by atomic mass is 9.86. The number of halogens is 1. The number of nitrogens with zero attached hydrogens (tertiary/aromatic N) is 1. The van der Waals surface area contributed by atoms with Crippen LogP contribution in [0.1, 0.15) is 40.0 Å². The quantitative estimate of drug-likeness (QED) is 0.623. The first kappa shape index (κ1) is 20.1. The molecule has 1 N–H and O–H groups in total. The zero-order valence-corrected chi connectivity index (χ0v) is 17.3. The molecular weight excluding hydrogens is 400 g/mol. The molecule has 3 aromatic rings. The molecule has 4 rings (SSSR count). The fraction of sp³-hybridized carbons (Fsp3) is 0.208. The van der Waals surface area contributed by atoms with Gasteiger partial charge in [-0.05, 0) is 60.2 Å². The largest absolute Gasteiger partial charge is 0.452 e. The van der Waals surface area contributed by atoms with Gasteiger partial charge >= 0.3 is 5.97 Å². The predicted octanol–water partition coefficient (Wildman–Crippen LogP) is 4.67. The van der Waals surface area contributed by atoms with Gasteiger partial charge in [0.1, 0.15) is 0 Å². The number of likely N-dealkylation sites (N-methyl/N-ethyl adjacent to an activating group) is 1. The zero-order chi connectivity index (χ0) is 21.1.